The highest BCUT2D eigenvalue weighted by atomic mass is 32.1. The van der Waals surface area contributed by atoms with E-state index < -0.39 is 0 Å². The minimum Gasteiger partial charge on any atom is -0.309 e. The summed E-state index contributed by atoms with van der Waals surface area (Å²) in [6, 6.07) is 95.5. The van der Waals surface area contributed by atoms with Crippen LogP contribution in [0.2, 0.25) is 0 Å². The lowest BCUT2D eigenvalue weighted by atomic mass is 9.95. The van der Waals surface area contributed by atoms with Crippen molar-refractivity contribution in [2.45, 2.75) is 0 Å². The van der Waals surface area contributed by atoms with Crippen molar-refractivity contribution in [1.82, 2.24) is 19.5 Å². The molecule has 0 amide bonds. The first-order chi connectivity index (χ1) is 36.6. The SMILES string of the molecule is c1ccc(-c2cc(-c3ccccc3)cc(-c3nc(-c4cc(-c5ccccc5)cc(-c5ccccc5)c4)nc(-c4ccc5sc6ccc(-c7ccc8c(c7)c7ccccc7n8-c7ccccc7)cc6c5c4)n3)c2)cc1. The molecule has 0 saturated carbocycles. The summed E-state index contributed by atoms with van der Waals surface area (Å²) in [5.74, 6) is 1.82. The fourth-order valence-corrected chi connectivity index (χ4v) is 11.6. The van der Waals surface area contributed by atoms with Crippen LogP contribution < -0.4 is 0 Å². The third-order valence-electron chi connectivity index (χ3n) is 14.2. The minimum absolute atomic E-state index is 0.605. The van der Waals surface area contributed by atoms with Crippen molar-refractivity contribution in [2.75, 3.05) is 0 Å². The van der Waals surface area contributed by atoms with E-state index >= 15 is 0 Å². The van der Waals surface area contributed by atoms with Crippen LogP contribution in [0.3, 0.4) is 0 Å². The molecular weight excluding hydrogens is 917 g/mol. The van der Waals surface area contributed by atoms with E-state index in [1.54, 1.807) is 0 Å². The van der Waals surface area contributed by atoms with Crippen molar-refractivity contribution in [2.24, 2.45) is 0 Å². The second-order valence-corrected chi connectivity index (χ2v) is 19.9. The zero-order chi connectivity index (χ0) is 49.0. The maximum absolute atomic E-state index is 5.42. The van der Waals surface area contributed by atoms with Gasteiger partial charge in [0.2, 0.25) is 0 Å². The third-order valence-corrected chi connectivity index (χ3v) is 15.3. The smallest absolute Gasteiger partial charge is 0.164 e. The number of nitrogens with zero attached hydrogens (tertiary/aromatic N) is 4. The van der Waals surface area contributed by atoms with Crippen LogP contribution in [0.1, 0.15) is 0 Å². The predicted octanol–water partition coefficient (Wildman–Crippen LogP) is 18.7. The number of rotatable bonds is 9. The molecule has 0 aliphatic heterocycles. The summed E-state index contributed by atoms with van der Waals surface area (Å²) in [7, 11) is 0. The molecule has 0 radical (unpaired) electrons. The van der Waals surface area contributed by atoms with E-state index in [4.69, 9.17) is 15.0 Å². The van der Waals surface area contributed by atoms with Crippen LogP contribution in [0.4, 0.5) is 0 Å². The van der Waals surface area contributed by atoms with Gasteiger partial charge in [0, 0.05) is 53.3 Å². The molecule has 5 heteroatoms. The third kappa shape index (κ3) is 7.93. The largest absolute Gasteiger partial charge is 0.309 e. The van der Waals surface area contributed by atoms with Crippen LogP contribution in [0.5, 0.6) is 0 Å². The Balaban J connectivity index is 0.950. The van der Waals surface area contributed by atoms with Crippen molar-refractivity contribution in [3.8, 4) is 95.5 Å². The number of benzene rings is 11. The minimum atomic E-state index is 0.605. The highest BCUT2D eigenvalue weighted by Crippen LogP contribution is 2.42. The van der Waals surface area contributed by atoms with Gasteiger partial charge in [0.25, 0.3) is 0 Å². The highest BCUT2D eigenvalue weighted by molar-refractivity contribution is 7.25. The van der Waals surface area contributed by atoms with E-state index in [2.05, 4.69) is 271 Å². The van der Waals surface area contributed by atoms with E-state index in [1.807, 2.05) is 11.3 Å². The average molecular weight is 961 g/mol. The topological polar surface area (TPSA) is 43.6 Å². The van der Waals surface area contributed by atoms with E-state index in [9.17, 15) is 0 Å². The van der Waals surface area contributed by atoms with Gasteiger partial charge in [-0.15, -0.1) is 11.3 Å². The lowest BCUT2D eigenvalue weighted by Crippen LogP contribution is -2.01. The number of thiophene rings is 1. The Bertz CT molecular complexity index is 4130. The van der Waals surface area contributed by atoms with Gasteiger partial charge in [-0.05, 0) is 153 Å². The summed E-state index contributed by atoms with van der Waals surface area (Å²) in [5, 5.41) is 4.85. The Labute approximate surface area is 432 Å². The van der Waals surface area contributed by atoms with Crippen LogP contribution in [-0.4, -0.2) is 19.5 Å². The Morgan fingerprint density at radius 1 is 0.230 bits per heavy atom. The summed E-state index contributed by atoms with van der Waals surface area (Å²) in [5.41, 5.74) is 17.5. The number of aromatic nitrogens is 4. The van der Waals surface area contributed by atoms with E-state index in [0.717, 1.165) is 66.9 Å². The summed E-state index contributed by atoms with van der Waals surface area (Å²) >= 11 is 1.82. The number of hydrogen-bond acceptors (Lipinski definition) is 4. The summed E-state index contributed by atoms with van der Waals surface area (Å²) < 4.78 is 4.81. The number of hydrogen-bond donors (Lipinski definition) is 0. The molecule has 0 atom stereocenters. The summed E-state index contributed by atoms with van der Waals surface area (Å²) in [4.78, 5) is 16.3. The fraction of sp³-hybridized carbons (Fsp3) is 0. The number of fused-ring (bicyclic) bond motifs is 6. The maximum Gasteiger partial charge on any atom is 0.164 e. The second kappa shape index (κ2) is 18.2. The molecular formula is C69H44N4S. The first kappa shape index (κ1) is 43.3. The van der Waals surface area contributed by atoms with E-state index in [-0.39, 0.29) is 0 Å². The predicted molar refractivity (Wildman–Crippen MR) is 311 cm³/mol. The van der Waals surface area contributed by atoms with Crippen LogP contribution in [0.15, 0.2) is 267 Å². The lowest BCUT2D eigenvalue weighted by molar-refractivity contribution is 1.07. The van der Waals surface area contributed by atoms with Gasteiger partial charge in [-0.25, -0.2) is 15.0 Å². The van der Waals surface area contributed by atoms with Crippen molar-refractivity contribution in [1.29, 1.82) is 0 Å². The number of para-hydroxylation sites is 2. The Morgan fingerprint density at radius 2 is 0.581 bits per heavy atom. The van der Waals surface area contributed by atoms with Gasteiger partial charge in [-0.1, -0.05) is 170 Å². The van der Waals surface area contributed by atoms with Gasteiger partial charge >= 0.3 is 0 Å². The van der Waals surface area contributed by atoms with Gasteiger partial charge in [0.1, 0.15) is 0 Å². The molecule has 0 spiro atoms. The van der Waals surface area contributed by atoms with Crippen molar-refractivity contribution in [3.63, 3.8) is 0 Å². The molecule has 0 aliphatic rings. The normalized spacial score (nSPS) is 11.5. The first-order valence-corrected chi connectivity index (χ1v) is 25.8. The molecule has 0 N–H and O–H groups in total. The Kier molecular flexibility index (Phi) is 10.7. The molecule has 3 heterocycles. The maximum atomic E-state index is 5.42. The Morgan fingerprint density at radius 3 is 1.07 bits per heavy atom. The van der Waals surface area contributed by atoms with Crippen molar-refractivity contribution < 1.29 is 0 Å². The monoisotopic (exact) mass is 960 g/mol. The molecule has 4 nitrogen and oxygen atoms in total. The van der Waals surface area contributed by atoms with Gasteiger partial charge in [0.05, 0.1) is 11.0 Å². The fourth-order valence-electron chi connectivity index (χ4n) is 10.6. The molecule has 0 unspecified atom stereocenters. The highest BCUT2D eigenvalue weighted by Gasteiger charge is 2.19. The van der Waals surface area contributed by atoms with Gasteiger partial charge in [0.15, 0.2) is 17.5 Å². The average Bonchev–Trinajstić information content (AvgIpc) is 4.03. The molecule has 74 heavy (non-hydrogen) atoms. The van der Waals surface area contributed by atoms with Gasteiger partial charge in [-0.3, -0.25) is 0 Å². The Hall–Kier alpha value is -9.55. The van der Waals surface area contributed by atoms with Crippen LogP contribution in [0, 0.1) is 0 Å². The van der Waals surface area contributed by atoms with Crippen LogP contribution in [0.25, 0.3) is 137 Å². The van der Waals surface area contributed by atoms with Gasteiger partial charge < -0.3 is 4.57 Å². The molecule has 0 bridgehead atoms. The quantitative estimate of drug-likeness (QED) is 0.145. The van der Waals surface area contributed by atoms with Crippen LogP contribution >= 0.6 is 11.3 Å². The van der Waals surface area contributed by atoms with Crippen LogP contribution in [-0.2, 0) is 0 Å². The molecule has 3 aromatic heterocycles. The van der Waals surface area contributed by atoms with E-state index in [1.165, 1.54) is 53.1 Å². The molecule has 0 fully saturated rings. The second-order valence-electron chi connectivity index (χ2n) is 18.8. The molecule has 14 rings (SSSR count). The molecule has 346 valence electrons. The first-order valence-electron chi connectivity index (χ1n) is 25.0. The van der Waals surface area contributed by atoms with E-state index in [0.29, 0.717) is 17.5 Å². The summed E-state index contributed by atoms with van der Waals surface area (Å²) in [6.07, 6.45) is 0. The molecule has 11 aromatic carbocycles. The van der Waals surface area contributed by atoms with Gasteiger partial charge in [-0.2, -0.15) is 0 Å². The molecule has 0 aliphatic carbocycles. The zero-order valence-electron chi connectivity index (χ0n) is 40.1. The zero-order valence-corrected chi connectivity index (χ0v) is 40.9. The summed E-state index contributed by atoms with van der Waals surface area (Å²) in [6.45, 7) is 0. The van der Waals surface area contributed by atoms with Crippen molar-refractivity contribution >= 4 is 53.3 Å². The standard InChI is InChI=1S/C69H44N4S/c1-6-18-45(19-7-1)52-36-53(46-20-8-2-9-21-46)39-56(38-52)68-70-67(71-69(72-68)57-40-54(47-22-10-3-11-23-47)37-55(41-57)48-24-12-4-13-25-48)51-32-35-66-62(44-51)61-43-50(31-34-65(61)74-66)49-30-33-64-60(42-49)59-28-16-17-29-63(59)73(64)58-26-14-5-15-27-58/h1-44H. The van der Waals surface area contributed by atoms with Crippen molar-refractivity contribution in [3.05, 3.63) is 267 Å². The molecule has 0 saturated heterocycles. The lowest BCUT2D eigenvalue weighted by Gasteiger charge is -2.14. The molecule has 14 aromatic rings.